The molecule has 0 bridgehead atoms. The Morgan fingerprint density at radius 3 is 2.72 bits per heavy atom. The summed E-state index contributed by atoms with van der Waals surface area (Å²) in [6.45, 7) is 0. The number of allylic oxidation sites excluding steroid dienone is 1. The van der Waals surface area contributed by atoms with Crippen molar-refractivity contribution in [2.75, 3.05) is 0 Å². The molecule has 2 aromatic rings. The van der Waals surface area contributed by atoms with Gasteiger partial charge < -0.3 is 0 Å². The zero-order chi connectivity index (χ0) is 13.1. The highest BCUT2D eigenvalue weighted by molar-refractivity contribution is 9.10. The standard InChI is InChI=1S/C13H6BrClFNS/c14-9-4-8(5-10(16)6-9)13(15)11(7-17)12-2-1-3-18-12/h1-6H. The Morgan fingerprint density at radius 1 is 1.39 bits per heavy atom. The molecule has 0 radical (unpaired) electrons. The molecule has 0 spiro atoms. The molecule has 0 atom stereocenters. The fraction of sp³-hybridized carbons (Fsp3) is 0. The summed E-state index contributed by atoms with van der Waals surface area (Å²) in [7, 11) is 0. The van der Waals surface area contributed by atoms with Crippen LogP contribution in [0.5, 0.6) is 0 Å². The van der Waals surface area contributed by atoms with Gasteiger partial charge in [0.2, 0.25) is 0 Å². The summed E-state index contributed by atoms with van der Waals surface area (Å²) in [5.74, 6) is -0.402. The van der Waals surface area contributed by atoms with Gasteiger partial charge in [0.05, 0.1) is 10.6 Å². The predicted octanol–water partition coefficient (Wildman–Crippen LogP) is 5.28. The molecule has 1 nitrogen and oxygen atoms in total. The van der Waals surface area contributed by atoms with E-state index in [-0.39, 0.29) is 5.03 Å². The Kier molecular flexibility index (Phi) is 4.18. The van der Waals surface area contributed by atoms with Crippen LogP contribution in [0.4, 0.5) is 4.39 Å². The maximum Gasteiger partial charge on any atom is 0.124 e. The van der Waals surface area contributed by atoms with Crippen molar-refractivity contribution in [3.05, 3.63) is 56.4 Å². The van der Waals surface area contributed by atoms with Gasteiger partial charge in [0.1, 0.15) is 11.9 Å². The van der Waals surface area contributed by atoms with Crippen LogP contribution in [0, 0.1) is 17.1 Å². The SMILES string of the molecule is N#CC(=C(Cl)c1cc(F)cc(Br)c1)c1cccs1. The third-order valence-electron chi connectivity index (χ3n) is 2.21. The maximum absolute atomic E-state index is 13.3. The van der Waals surface area contributed by atoms with Gasteiger partial charge in [-0.2, -0.15) is 5.26 Å². The number of rotatable bonds is 2. The minimum absolute atomic E-state index is 0.250. The lowest BCUT2D eigenvalue weighted by molar-refractivity contribution is 0.626. The van der Waals surface area contributed by atoms with Crippen molar-refractivity contribution in [3.63, 3.8) is 0 Å². The molecule has 0 saturated carbocycles. The minimum atomic E-state index is -0.402. The normalized spacial score (nSPS) is 11.9. The second kappa shape index (κ2) is 5.66. The van der Waals surface area contributed by atoms with Crippen LogP contribution in [0.1, 0.15) is 10.4 Å². The second-order valence-electron chi connectivity index (χ2n) is 3.44. The summed E-state index contributed by atoms with van der Waals surface area (Å²) >= 11 is 10.8. The number of hydrogen-bond donors (Lipinski definition) is 0. The average molecular weight is 343 g/mol. The van der Waals surface area contributed by atoms with E-state index >= 15 is 0 Å². The van der Waals surface area contributed by atoms with Crippen molar-refractivity contribution in [1.29, 1.82) is 5.26 Å². The second-order valence-corrected chi connectivity index (χ2v) is 5.68. The Hall–Kier alpha value is -1.15. The zero-order valence-corrected chi connectivity index (χ0v) is 12.1. The van der Waals surface area contributed by atoms with Gasteiger partial charge in [0.15, 0.2) is 0 Å². The quantitative estimate of drug-likeness (QED) is 0.681. The van der Waals surface area contributed by atoms with Gasteiger partial charge in [-0.1, -0.05) is 33.6 Å². The van der Waals surface area contributed by atoms with Gasteiger partial charge in [0, 0.05) is 9.35 Å². The summed E-state index contributed by atoms with van der Waals surface area (Å²) in [4.78, 5) is 0.767. The number of benzene rings is 1. The van der Waals surface area contributed by atoms with Crippen LogP contribution in [0.15, 0.2) is 40.2 Å². The Morgan fingerprint density at radius 2 is 2.17 bits per heavy atom. The van der Waals surface area contributed by atoms with Crippen LogP contribution in [-0.4, -0.2) is 0 Å². The third kappa shape index (κ3) is 2.81. The van der Waals surface area contributed by atoms with Crippen molar-refractivity contribution in [2.24, 2.45) is 0 Å². The van der Waals surface area contributed by atoms with Gasteiger partial charge in [-0.3, -0.25) is 0 Å². The van der Waals surface area contributed by atoms with Crippen LogP contribution in [0.2, 0.25) is 0 Å². The molecule has 18 heavy (non-hydrogen) atoms. The van der Waals surface area contributed by atoms with E-state index in [0.717, 1.165) is 4.88 Å². The molecule has 0 unspecified atom stereocenters. The lowest BCUT2D eigenvalue weighted by Gasteiger charge is -2.04. The van der Waals surface area contributed by atoms with Crippen LogP contribution < -0.4 is 0 Å². The van der Waals surface area contributed by atoms with Gasteiger partial charge in [-0.15, -0.1) is 11.3 Å². The summed E-state index contributed by atoms with van der Waals surface area (Å²) in [5, 5.41) is 11.3. The van der Waals surface area contributed by atoms with Gasteiger partial charge in [-0.05, 0) is 35.2 Å². The number of halogens is 3. The largest absolute Gasteiger partial charge is 0.207 e. The molecule has 0 amide bonds. The van der Waals surface area contributed by atoms with E-state index < -0.39 is 5.82 Å². The molecule has 0 N–H and O–H groups in total. The molecule has 90 valence electrons. The summed E-state index contributed by atoms with van der Waals surface area (Å²) in [6, 6.07) is 10.0. The van der Waals surface area contributed by atoms with E-state index in [2.05, 4.69) is 22.0 Å². The number of thiophene rings is 1. The smallest absolute Gasteiger partial charge is 0.124 e. The van der Waals surface area contributed by atoms with Crippen molar-refractivity contribution in [2.45, 2.75) is 0 Å². The number of hydrogen-bond acceptors (Lipinski definition) is 2. The molecule has 0 aliphatic carbocycles. The molecule has 0 aliphatic rings. The molecule has 1 heterocycles. The lowest BCUT2D eigenvalue weighted by Crippen LogP contribution is -1.86. The number of nitriles is 1. The Labute approximate surface area is 121 Å². The molecule has 2 rings (SSSR count). The first-order valence-corrected chi connectivity index (χ1v) is 6.97. The van der Waals surface area contributed by atoms with Crippen molar-refractivity contribution in [3.8, 4) is 6.07 Å². The van der Waals surface area contributed by atoms with E-state index in [4.69, 9.17) is 11.6 Å². The van der Waals surface area contributed by atoms with E-state index in [1.807, 2.05) is 11.4 Å². The van der Waals surface area contributed by atoms with Crippen LogP contribution in [0.3, 0.4) is 0 Å². The summed E-state index contributed by atoms with van der Waals surface area (Å²) < 4.78 is 13.9. The minimum Gasteiger partial charge on any atom is -0.207 e. The predicted molar refractivity (Wildman–Crippen MR) is 76.7 cm³/mol. The van der Waals surface area contributed by atoms with Crippen LogP contribution >= 0.6 is 38.9 Å². The van der Waals surface area contributed by atoms with E-state index in [9.17, 15) is 9.65 Å². The van der Waals surface area contributed by atoms with Crippen LogP contribution in [0.25, 0.3) is 10.6 Å². The molecular formula is C13H6BrClFNS. The van der Waals surface area contributed by atoms with E-state index in [1.165, 1.54) is 23.5 Å². The molecule has 0 saturated heterocycles. The molecule has 1 aromatic carbocycles. The fourth-order valence-electron chi connectivity index (χ4n) is 1.46. The average Bonchev–Trinajstić information content (AvgIpc) is 2.82. The van der Waals surface area contributed by atoms with E-state index in [1.54, 1.807) is 12.1 Å². The van der Waals surface area contributed by atoms with Crippen molar-refractivity contribution >= 4 is 49.5 Å². The monoisotopic (exact) mass is 341 g/mol. The van der Waals surface area contributed by atoms with Gasteiger partial charge in [-0.25, -0.2) is 4.39 Å². The zero-order valence-electron chi connectivity index (χ0n) is 8.95. The van der Waals surface area contributed by atoms with E-state index in [0.29, 0.717) is 15.6 Å². The molecular weight excluding hydrogens is 337 g/mol. The Bertz CT molecular complexity index is 623. The maximum atomic E-state index is 13.3. The lowest BCUT2D eigenvalue weighted by atomic mass is 10.1. The Balaban J connectivity index is 2.58. The first-order chi connectivity index (χ1) is 8.61. The number of nitrogens with zero attached hydrogens (tertiary/aromatic N) is 1. The molecule has 0 aliphatic heterocycles. The molecule has 0 fully saturated rings. The van der Waals surface area contributed by atoms with Crippen molar-refractivity contribution in [1.82, 2.24) is 0 Å². The summed E-state index contributed by atoms with van der Waals surface area (Å²) in [5.41, 5.74) is 0.831. The molecule has 5 heteroatoms. The first-order valence-electron chi connectivity index (χ1n) is 4.92. The topological polar surface area (TPSA) is 23.8 Å². The third-order valence-corrected chi connectivity index (χ3v) is 3.97. The highest BCUT2D eigenvalue weighted by atomic mass is 79.9. The first kappa shape index (κ1) is 13.3. The van der Waals surface area contributed by atoms with Crippen molar-refractivity contribution < 1.29 is 4.39 Å². The van der Waals surface area contributed by atoms with Crippen LogP contribution in [-0.2, 0) is 0 Å². The highest BCUT2D eigenvalue weighted by Crippen LogP contribution is 2.33. The van der Waals surface area contributed by atoms with Gasteiger partial charge in [0.25, 0.3) is 0 Å². The highest BCUT2D eigenvalue weighted by Gasteiger charge is 2.11. The fourth-order valence-corrected chi connectivity index (χ4v) is 2.96. The molecule has 1 aromatic heterocycles. The summed E-state index contributed by atoms with van der Waals surface area (Å²) in [6.07, 6.45) is 0. The van der Waals surface area contributed by atoms with Gasteiger partial charge >= 0.3 is 0 Å².